The maximum Gasteiger partial charge on any atom is 0.332 e. The first-order chi connectivity index (χ1) is 9.11. The third-order valence-electron chi connectivity index (χ3n) is 3.12. The molecule has 0 unspecified atom stereocenters. The highest BCUT2D eigenvalue weighted by Gasteiger charge is 2.15. The Balaban J connectivity index is 2.77. The van der Waals surface area contributed by atoms with Gasteiger partial charge in [-0.25, -0.2) is 9.78 Å². The molecule has 7 nitrogen and oxygen atoms in total. The third kappa shape index (κ3) is 2.21. The second kappa shape index (κ2) is 5.40. The molecule has 0 atom stereocenters. The van der Waals surface area contributed by atoms with E-state index >= 15 is 0 Å². The Bertz CT molecular complexity index is 694. The van der Waals surface area contributed by atoms with Crippen molar-refractivity contribution in [3.8, 4) is 0 Å². The van der Waals surface area contributed by atoms with E-state index in [2.05, 4.69) is 4.98 Å². The molecule has 2 heterocycles. The number of nitrogens with two attached hydrogens (primary N) is 1. The van der Waals surface area contributed by atoms with Crippen LogP contribution in [0.3, 0.4) is 0 Å². The standard InChI is InChI=1S/C12H19N5O2/c1-3-6-16-10-9(15(2)8-14-10)11(18)17(12(16)19)7-4-5-13/h8H,3-7,13H2,1-2H3. The normalized spacial score (nSPS) is 11.3. The van der Waals surface area contributed by atoms with Crippen molar-refractivity contribution in [1.29, 1.82) is 0 Å². The van der Waals surface area contributed by atoms with Crippen molar-refractivity contribution >= 4 is 11.2 Å². The summed E-state index contributed by atoms with van der Waals surface area (Å²) in [7, 11) is 1.75. The molecule has 0 radical (unpaired) electrons. The molecule has 0 bridgehead atoms. The van der Waals surface area contributed by atoms with Crippen molar-refractivity contribution in [1.82, 2.24) is 18.7 Å². The summed E-state index contributed by atoms with van der Waals surface area (Å²) in [6, 6.07) is 0. The summed E-state index contributed by atoms with van der Waals surface area (Å²) in [5.41, 5.74) is 5.79. The van der Waals surface area contributed by atoms with Gasteiger partial charge in [0.25, 0.3) is 5.56 Å². The van der Waals surface area contributed by atoms with Crippen LogP contribution in [-0.2, 0) is 20.1 Å². The number of aryl methyl sites for hydroxylation is 2. The van der Waals surface area contributed by atoms with Crippen LogP contribution in [0.4, 0.5) is 0 Å². The van der Waals surface area contributed by atoms with Gasteiger partial charge in [0.15, 0.2) is 11.2 Å². The zero-order chi connectivity index (χ0) is 14.0. The highest BCUT2D eigenvalue weighted by Crippen LogP contribution is 2.05. The quantitative estimate of drug-likeness (QED) is 0.800. The summed E-state index contributed by atoms with van der Waals surface area (Å²) in [6.07, 6.45) is 2.97. The lowest BCUT2D eigenvalue weighted by molar-refractivity contribution is 0.546. The molecule has 0 fully saturated rings. The Labute approximate surface area is 110 Å². The van der Waals surface area contributed by atoms with Gasteiger partial charge in [-0.05, 0) is 19.4 Å². The predicted octanol–water partition coefficient (Wildman–Crippen LogP) is -0.344. The Morgan fingerprint density at radius 3 is 2.63 bits per heavy atom. The zero-order valence-electron chi connectivity index (χ0n) is 11.3. The van der Waals surface area contributed by atoms with Crippen LogP contribution in [0.15, 0.2) is 15.9 Å². The zero-order valence-corrected chi connectivity index (χ0v) is 11.3. The molecular formula is C12H19N5O2. The molecule has 2 aromatic rings. The lowest BCUT2D eigenvalue weighted by Crippen LogP contribution is -2.41. The molecule has 0 amide bonds. The van der Waals surface area contributed by atoms with Crippen LogP contribution < -0.4 is 17.0 Å². The molecule has 104 valence electrons. The van der Waals surface area contributed by atoms with E-state index in [1.807, 2.05) is 6.92 Å². The van der Waals surface area contributed by atoms with Crippen LogP contribution >= 0.6 is 0 Å². The SMILES string of the molecule is CCCn1c(=O)n(CCCN)c(=O)c2c1ncn2C. The summed E-state index contributed by atoms with van der Waals surface area (Å²) >= 11 is 0. The van der Waals surface area contributed by atoms with E-state index in [0.29, 0.717) is 37.2 Å². The molecule has 0 saturated heterocycles. The van der Waals surface area contributed by atoms with E-state index in [9.17, 15) is 9.59 Å². The molecule has 2 rings (SSSR count). The minimum absolute atomic E-state index is 0.291. The predicted molar refractivity (Wildman–Crippen MR) is 73.2 cm³/mol. The number of aromatic nitrogens is 4. The number of nitrogens with zero attached hydrogens (tertiary/aromatic N) is 4. The van der Waals surface area contributed by atoms with Crippen molar-refractivity contribution in [2.24, 2.45) is 12.8 Å². The van der Waals surface area contributed by atoms with E-state index < -0.39 is 0 Å². The van der Waals surface area contributed by atoms with Crippen LogP contribution in [0.25, 0.3) is 11.2 Å². The van der Waals surface area contributed by atoms with Crippen molar-refractivity contribution in [2.45, 2.75) is 32.9 Å². The highest BCUT2D eigenvalue weighted by molar-refractivity contribution is 5.69. The Hall–Kier alpha value is -1.89. The van der Waals surface area contributed by atoms with Crippen molar-refractivity contribution < 1.29 is 0 Å². The summed E-state index contributed by atoms with van der Waals surface area (Å²) in [6.45, 7) is 3.33. The van der Waals surface area contributed by atoms with Gasteiger partial charge >= 0.3 is 5.69 Å². The fourth-order valence-electron chi connectivity index (χ4n) is 2.18. The molecule has 0 aromatic carbocycles. The average molecular weight is 265 g/mol. The minimum atomic E-state index is -0.300. The molecule has 0 saturated carbocycles. The van der Waals surface area contributed by atoms with Gasteiger partial charge in [-0.3, -0.25) is 13.9 Å². The first-order valence-corrected chi connectivity index (χ1v) is 6.46. The van der Waals surface area contributed by atoms with E-state index in [4.69, 9.17) is 5.73 Å². The molecule has 7 heteroatoms. The molecule has 0 aliphatic rings. The van der Waals surface area contributed by atoms with Crippen LogP contribution in [0.2, 0.25) is 0 Å². The van der Waals surface area contributed by atoms with Crippen LogP contribution in [0.1, 0.15) is 19.8 Å². The van der Waals surface area contributed by atoms with Gasteiger partial charge in [-0.1, -0.05) is 6.92 Å². The van der Waals surface area contributed by atoms with Crippen LogP contribution in [-0.4, -0.2) is 25.2 Å². The van der Waals surface area contributed by atoms with E-state index in [1.165, 1.54) is 4.57 Å². The Morgan fingerprint density at radius 2 is 2.00 bits per heavy atom. The largest absolute Gasteiger partial charge is 0.332 e. The number of imidazole rings is 1. The van der Waals surface area contributed by atoms with E-state index in [-0.39, 0.29) is 11.2 Å². The topological polar surface area (TPSA) is 87.8 Å². The third-order valence-corrected chi connectivity index (χ3v) is 3.12. The molecule has 2 aromatic heterocycles. The van der Waals surface area contributed by atoms with Crippen molar-refractivity contribution in [3.05, 3.63) is 27.2 Å². The van der Waals surface area contributed by atoms with Gasteiger partial charge in [0.05, 0.1) is 6.33 Å². The summed E-state index contributed by atoms with van der Waals surface area (Å²) in [5.74, 6) is 0. The molecule has 0 spiro atoms. The number of hydrogen-bond donors (Lipinski definition) is 1. The van der Waals surface area contributed by atoms with Crippen LogP contribution in [0.5, 0.6) is 0 Å². The Morgan fingerprint density at radius 1 is 1.26 bits per heavy atom. The molecule has 0 aliphatic carbocycles. The molecule has 0 aliphatic heterocycles. The number of hydrogen-bond acceptors (Lipinski definition) is 4. The first kappa shape index (κ1) is 13.5. The summed E-state index contributed by atoms with van der Waals surface area (Å²) in [5, 5.41) is 0. The molecule has 2 N–H and O–H groups in total. The molecule has 19 heavy (non-hydrogen) atoms. The van der Waals surface area contributed by atoms with E-state index in [1.54, 1.807) is 22.5 Å². The average Bonchev–Trinajstić information content (AvgIpc) is 2.77. The second-order valence-electron chi connectivity index (χ2n) is 4.56. The first-order valence-electron chi connectivity index (χ1n) is 6.46. The maximum absolute atomic E-state index is 12.3. The summed E-state index contributed by atoms with van der Waals surface area (Å²) < 4.78 is 4.47. The highest BCUT2D eigenvalue weighted by atomic mass is 16.2. The monoisotopic (exact) mass is 265 g/mol. The van der Waals surface area contributed by atoms with Gasteiger partial charge < -0.3 is 10.3 Å². The van der Waals surface area contributed by atoms with Gasteiger partial charge in [-0.2, -0.15) is 0 Å². The Kier molecular flexibility index (Phi) is 3.84. The summed E-state index contributed by atoms with van der Waals surface area (Å²) in [4.78, 5) is 28.9. The fraction of sp³-hybridized carbons (Fsp3) is 0.583. The van der Waals surface area contributed by atoms with Crippen LogP contribution in [0, 0.1) is 0 Å². The number of fused-ring (bicyclic) bond motifs is 1. The van der Waals surface area contributed by atoms with E-state index in [0.717, 1.165) is 6.42 Å². The van der Waals surface area contributed by atoms with Gasteiger partial charge in [0.2, 0.25) is 0 Å². The number of rotatable bonds is 5. The molecular weight excluding hydrogens is 246 g/mol. The maximum atomic E-state index is 12.3. The van der Waals surface area contributed by atoms with Crippen molar-refractivity contribution in [2.75, 3.05) is 6.54 Å². The lowest BCUT2D eigenvalue weighted by Gasteiger charge is -2.10. The van der Waals surface area contributed by atoms with Gasteiger partial charge in [0.1, 0.15) is 0 Å². The smallest absolute Gasteiger partial charge is 0.330 e. The minimum Gasteiger partial charge on any atom is -0.330 e. The van der Waals surface area contributed by atoms with Gasteiger partial charge in [-0.15, -0.1) is 0 Å². The fourth-order valence-corrected chi connectivity index (χ4v) is 2.18. The second-order valence-corrected chi connectivity index (χ2v) is 4.56. The van der Waals surface area contributed by atoms with Crippen molar-refractivity contribution in [3.63, 3.8) is 0 Å². The van der Waals surface area contributed by atoms with Gasteiger partial charge in [0, 0.05) is 20.1 Å². The lowest BCUT2D eigenvalue weighted by atomic mass is 10.4.